The van der Waals surface area contributed by atoms with Gasteiger partial charge in [-0.15, -0.1) is 0 Å². The first kappa shape index (κ1) is 14.6. The van der Waals surface area contributed by atoms with Crippen LogP contribution in [0.25, 0.3) is 11.0 Å². The molecular formula is C17H23N3. The van der Waals surface area contributed by atoms with E-state index in [4.69, 9.17) is 4.98 Å². The summed E-state index contributed by atoms with van der Waals surface area (Å²) in [6, 6.07) is 8.61. The molecule has 0 radical (unpaired) electrons. The van der Waals surface area contributed by atoms with Crippen molar-refractivity contribution < 1.29 is 0 Å². The van der Waals surface area contributed by atoms with Crippen LogP contribution in [0.15, 0.2) is 18.2 Å². The first-order chi connectivity index (χ1) is 9.25. The van der Waals surface area contributed by atoms with Crippen LogP contribution >= 0.6 is 0 Å². The normalized spacial score (nSPS) is 13.7. The van der Waals surface area contributed by atoms with Crippen molar-refractivity contribution in [3.05, 3.63) is 29.6 Å². The van der Waals surface area contributed by atoms with Crippen LogP contribution in [-0.2, 0) is 12.5 Å². The fraction of sp³-hybridized carbons (Fsp3) is 0.529. The van der Waals surface area contributed by atoms with E-state index in [1.165, 1.54) is 0 Å². The third-order valence-electron chi connectivity index (χ3n) is 3.74. The van der Waals surface area contributed by atoms with Gasteiger partial charge in [-0.25, -0.2) is 4.98 Å². The van der Waals surface area contributed by atoms with Crippen molar-refractivity contribution in [2.75, 3.05) is 0 Å². The summed E-state index contributed by atoms with van der Waals surface area (Å²) in [7, 11) is 2.06. The smallest absolute Gasteiger partial charge is 0.115 e. The fourth-order valence-corrected chi connectivity index (χ4v) is 2.69. The minimum Gasteiger partial charge on any atom is -0.331 e. The van der Waals surface area contributed by atoms with Gasteiger partial charge in [-0.2, -0.15) is 5.26 Å². The van der Waals surface area contributed by atoms with E-state index in [1.54, 1.807) is 0 Å². The summed E-state index contributed by atoms with van der Waals surface area (Å²) in [6.07, 6.45) is 0. The number of nitrogens with zero attached hydrogens (tertiary/aromatic N) is 3. The summed E-state index contributed by atoms with van der Waals surface area (Å²) < 4.78 is 2.15. The van der Waals surface area contributed by atoms with Crippen molar-refractivity contribution in [3.63, 3.8) is 0 Å². The molecule has 2 rings (SSSR count). The van der Waals surface area contributed by atoms with Gasteiger partial charge in [0.2, 0.25) is 0 Å². The third-order valence-corrected chi connectivity index (χ3v) is 3.74. The molecule has 0 bridgehead atoms. The second kappa shape index (κ2) is 4.94. The molecule has 0 aliphatic rings. The zero-order valence-electron chi connectivity index (χ0n) is 13.2. The van der Waals surface area contributed by atoms with Gasteiger partial charge in [-0.05, 0) is 23.6 Å². The molecule has 20 heavy (non-hydrogen) atoms. The molecule has 1 atom stereocenters. The molecule has 2 aromatic rings. The molecule has 106 valence electrons. The highest BCUT2D eigenvalue weighted by molar-refractivity contribution is 5.77. The largest absolute Gasteiger partial charge is 0.331 e. The van der Waals surface area contributed by atoms with Crippen LogP contribution in [0.3, 0.4) is 0 Å². The molecule has 1 heterocycles. The van der Waals surface area contributed by atoms with E-state index in [1.807, 2.05) is 0 Å². The first-order valence-corrected chi connectivity index (χ1v) is 7.12. The van der Waals surface area contributed by atoms with Gasteiger partial charge >= 0.3 is 0 Å². The molecule has 1 unspecified atom stereocenters. The van der Waals surface area contributed by atoms with E-state index in [9.17, 15) is 5.26 Å². The lowest BCUT2D eigenvalue weighted by atomic mass is 9.90. The van der Waals surface area contributed by atoms with Crippen molar-refractivity contribution in [1.29, 1.82) is 5.26 Å². The van der Waals surface area contributed by atoms with Crippen molar-refractivity contribution >= 4 is 11.0 Å². The summed E-state index contributed by atoms with van der Waals surface area (Å²) >= 11 is 0. The van der Waals surface area contributed by atoms with Gasteiger partial charge in [-0.1, -0.05) is 40.7 Å². The fourth-order valence-electron chi connectivity index (χ4n) is 2.69. The predicted octanol–water partition coefficient (Wildman–Crippen LogP) is 4.13. The number of benzene rings is 1. The Morgan fingerprint density at radius 2 is 1.90 bits per heavy atom. The Morgan fingerprint density at radius 1 is 1.25 bits per heavy atom. The molecule has 1 aromatic carbocycles. The van der Waals surface area contributed by atoms with E-state index < -0.39 is 0 Å². The summed E-state index contributed by atoms with van der Waals surface area (Å²) in [4.78, 5) is 4.77. The summed E-state index contributed by atoms with van der Waals surface area (Å²) in [5.74, 6) is 1.31. The molecular weight excluding hydrogens is 246 g/mol. The standard InChI is InChI=1S/C17H23N3/c1-11(2)13(10-18)12-7-8-15-14(9-12)19-16(20(15)6)17(3,4)5/h7-9,11,13H,1-6H3. The molecule has 0 saturated heterocycles. The SMILES string of the molecule is CC(C)C(C#N)c1ccc2c(c1)nc(C(C)(C)C)n2C. The Hall–Kier alpha value is -1.82. The van der Waals surface area contributed by atoms with Crippen molar-refractivity contribution in [1.82, 2.24) is 9.55 Å². The molecule has 0 aliphatic heterocycles. The number of hydrogen-bond donors (Lipinski definition) is 0. The highest BCUT2D eigenvalue weighted by Gasteiger charge is 2.22. The van der Waals surface area contributed by atoms with E-state index in [0.717, 1.165) is 22.4 Å². The predicted molar refractivity (Wildman–Crippen MR) is 82.6 cm³/mol. The van der Waals surface area contributed by atoms with Crippen LogP contribution in [0, 0.1) is 17.2 Å². The topological polar surface area (TPSA) is 41.6 Å². The maximum absolute atomic E-state index is 9.34. The summed E-state index contributed by atoms with van der Waals surface area (Å²) in [5, 5.41) is 9.34. The van der Waals surface area contributed by atoms with Gasteiger partial charge in [0.05, 0.1) is 23.0 Å². The summed E-state index contributed by atoms with van der Waals surface area (Å²) in [5.41, 5.74) is 3.18. The van der Waals surface area contributed by atoms with Crippen molar-refractivity contribution in [3.8, 4) is 6.07 Å². The Bertz CT molecular complexity index is 666. The molecule has 0 N–H and O–H groups in total. The van der Waals surface area contributed by atoms with Crippen LogP contribution in [0.5, 0.6) is 0 Å². The number of imidazole rings is 1. The van der Waals surface area contributed by atoms with Gasteiger partial charge in [0.1, 0.15) is 5.82 Å². The van der Waals surface area contributed by atoms with E-state index >= 15 is 0 Å². The molecule has 0 aliphatic carbocycles. The number of fused-ring (bicyclic) bond motifs is 1. The van der Waals surface area contributed by atoms with Crippen molar-refractivity contribution in [2.45, 2.75) is 46.0 Å². The van der Waals surface area contributed by atoms with Crippen LogP contribution in [-0.4, -0.2) is 9.55 Å². The number of hydrogen-bond acceptors (Lipinski definition) is 2. The quantitative estimate of drug-likeness (QED) is 0.822. The first-order valence-electron chi connectivity index (χ1n) is 7.12. The molecule has 0 fully saturated rings. The highest BCUT2D eigenvalue weighted by Crippen LogP contribution is 2.29. The lowest BCUT2D eigenvalue weighted by molar-refractivity contribution is 0.526. The molecule has 0 amide bonds. The van der Waals surface area contributed by atoms with Crippen LogP contribution in [0.2, 0.25) is 0 Å². The van der Waals surface area contributed by atoms with Crippen LogP contribution in [0.4, 0.5) is 0 Å². The minimum absolute atomic E-state index is 0.0145. The van der Waals surface area contributed by atoms with Gasteiger partial charge in [0.15, 0.2) is 0 Å². The lowest BCUT2D eigenvalue weighted by Crippen LogP contribution is -2.17. The Balaban J connectivity index is 2.59. The number of rotatable bonds is 2. The maximum atomic E-state index is 9.34. The Labute approximate surface area is 121 Å². The molecule has 1 aromatic heterocycles. The third kappa shape index (κ3) is 2.43. The molecule has 3 heteroatoms. The number of nitriles is 1. The minimum atomic E-state index is -0.0699. The van der Waals surface area contributed by atoms with Crippen LogP contribution < -0.4 is 0 Å². The second-order valence-electron chi connectivity index (χ2n) is 6.84. The zero-order valence-corrected chi connectivity index (χ0v) is 13.2. The van der Waals surface area contributed by atoms with Gasteiger partial charge in [0.25, 0.3) is 0 Å². The molecule has 3 nitrogen and oxygen atoms in total. The lowest BCUT2D eigenvalue weighted by Gasteiger charge is -2.17. The zero-order chi connectivity index (χ0) is 15.1. The van der Waals surface area contributed by atoms with E-state index in [-0.39, 0.29) is 11.3 Å². The van der Waals surface area contributed by atoms with Gasteiger partial charge < -0.3 is 4.57 Å². The second-order valence-corrected chi connectivity index (χ2v) is 6.84. The monoisotopic (exact) mass is 269 g/mol. The average Bonchev–Trinajstić information content (AvgIpc) is 2.67. The van der Waals surface area contributed by atoms with E-state index in [0.29, 0.717) is 5.92 Å². The Kier molecular flexibility index (Phi) is 3.60. The van der Waals surface area contributed by atoms with Crippen LogP contribution in [0.1, 0.15) is 51.9 Å². The summed E-state index contributed by atoms with van der Waals surface area (Å²) in [6.45, 7) is 10.7. The van der Waals surface area contributed by atoms with Gasteiger partial charge in [0, 0.05) is 12.5 Å². The Morgan fingerprint density at radius 3 is 2.40 bits per heavy atom. The number of aromatic nitrogens is 2. The molecule has 0 spiro atoms. The maximum Gasteiger partial charge on any atom is 0.115 e. The number of aryl methyl sites for hydroxylation is 1. The molecule has 0 saturated carbocycles. The van der Waals surface area contributed by atoms with E-state index in [2.05, 4.69) is 70.5 Å². The van der Waals surface area contributed by atoms with Crippen molar-refractivity contribution in [2.24, 2.45) is 13.0 Å². The highest BCUT2D eigenvalue weighted by atomic mass is 15.1. The average molecular weight is 269 g/mol. The van der Waals surface area contributed by atoms with Gasteiger partial charge in [-0.3, -0.25) is 0 Å².